The van der Waals surface area contributed by atoms with Crippen LogP contribution >= 0.6 is 0 Å². The zero-order valence-corrected chi connectivity index (χ0v) is 12.1. The molecule has 3 rings (SSSR count). The van der Waals surface area contributed by atoms with Crippen LogP contribution in [0.25, 0.3) is 0 Å². The molecule has 2 aromatic heterocycles. The molecule has 0 N–H and O–H groups in total. The van der Waals surface area contributed by atoms with Gasteiger partial charge in [0.05, 0.1) is 18.8 Å². The number of piperidine rings is 1. The summed E-state index contributed by atoms with van der Waals surface area (Å²) in [5.41, 5.74) is 0. The molecule has 1 fully saturated rings. The molecule has 3 heterocycles. The summed E-state index contributed by atoms with van der Waals surface area (Å²) in [5, 5.41) is 4.25. The lowest BCUT2D eigenvalue weighted by atomic mass is 10.0. The number of aryl methyl sites for hydroxylation is 1. The van der Waals surface area contributed by atoms with Crippen molar-refractivity contribution in [1.29, 1.82) is 0 Å². The average Bonchev–Trinajstić information content (AvgIpc) is 3.18. The van der Waals surface area contributed by atoms with E-state index in [4.69, 9.17) is 4.42 Å². The van der Waals surface area contributed by atoms with E-state index in [1.807, 2.05) is 34.0 Å². The summed E-state index contributed by atoms with van der Waals surface area (Å²) in [7, 11) is 0. The van der Waals surface area contributed by atoms with Crippen molar-refractivity contribution in [3.63, 3.8) is 0 Å². The molecule has 1 amide bonds. The number of carbonyl (C=O) groups is 1. The van der Waals surface area contributed by atoms with Crippen LogP contribution in [-0.2, 0) is 17.8 Å². The van der Waals surface area contributed by atoms with Crippen LogP contribution < -0.4 is 0 Å². The molecule has 112 valence electrons. The molecule has 1 unspecified atom stereocenters. The fraction of sp³-hybridized carbons (Fsp3) is 0.500. The third kappa shape index (κ3) is 3.54. The van der Waals surface area contributed by atoms with E-state index in [-0.39, 0.29) is 11.9 Å². The SMILES string of the molecule is O=C(CCc1ccco1)N1CCCCC1Cn1cccn1. The smallest absolute Gasteiger partial charge is 0.223 e. The first-order chi connectivity index (χ1) is 10.3. The molecule has 0 saturated carbocycles. The molecule has 2 aromatic rings. The Balaban J connectivity index is 1.58. The standard InChI is InChI=1S/C16H21N3O2/c20-16(8-7-15-6-3-12-21-15)19-11-2-1-5-14(19)13-18-10-4-9-17-18/h3-4,6,9-10,12,14H,1-2,5,7-8,11,13H2. The molecule has 0 spiro atoms. The number of aromatic nitrogens is 2. The van der Waals surface area contributed by atoms with Crippen molar-refractivity contribution in [2.45, 2.75) is 44.7 Å². The Hall–Kier alpha value is -2.04. The highest BCUT2D eigenvalue weighted by molar-refractivity contribution is 5.76. The minimum absolute atomic E-state index is 0.225. The summed E-state index contributed by atoms with van der Waals surface area (Å²) in [6.45, 7) is 1.66. The molecule has 5 heteroatoms. The second-order valence-corrected chi connectivity index (χ2v) is 5.54. The van der Waals surface area contributed by atoms with E-state index in [0.717, 1.165) is 31.7 Å². The van der Waals surface area contributed by atoms with Crippen molar-refractivity contribution < 1.29 is 9.21 Å². The monoisotopic (exact) mass is 287 g/mol. The van der Waals surface area contributed by atoms with Crippen LogP contribution in [0.5, 0.6) is 0 Å². The van der Waals surface area contributed by atoms with Gasteiger partial charge in [0, 0.05) is 31.8 Å². The predicted molar refractivity (Wildman–Crippen MR) is 78.6 cm³/mol. The normalized spacial score (nSPS) is 18.9. The third-order valence-electron chi connectivity index (χ3n) is 4.07. The number of amides is 1. The first kappa shape index (κ1) is 13.9. The number of nitrogens with zero attached hydrogens (tertiary/aromatic N) is 3. The van der Waals surface area contributed by atoms with E-state index < -0.39 is 0 Å². The van der Waals surface area contributed by atoms with Crippen molar-refractivity contribution in [3.05, 3.63) is 42.6 Å². The zero-order valence-electron chi connectivity index (χ0n) is 12.1. The van der Waals surface area contributed by atoms with E-state index in [2.05, 4.69) is 5.10 Å². The highest BCUT2D eigenvalue weighted by Crippen LogP contribution is 2.20. The highest BCUT2D eigenvalue weighted by Gasteiger charge is 2.26. The number of rotatable bonds is 5. The Labute approximate surface area is 124 Å². The number of furan rings is 1. The van der Waals surface area contributed by atoms with Crippen molar-refractivity contribution in [1.82, 2.24) is 14.7 Å². The van der Waals surface area contributed by atoms with Gasteiger partial charge in [-0.25, -0.2) is 0 Å². The first-order valence-corrected chi connectivity index (χ1v) is 7.62. The molecule has 1 aliphatic heterocycles. The van der Waals surface area contributed by atoms with Crippen LogP contribution in [-0.4, -0.2) is 33.2 Å². The van der Waals surface area contributed by atoms with E-state index in [9.17, 15) is 4.79 Å². The molecular weight excluding hydrogens is 266 g/mol. The van der Waals surface area contributed by atoms with Gasteiger partial charge in [0.1, 0.15) is 5.76 Å². The largest absolute Gasteiger partial charge is 0.469 e. The van der Waals surface area contributed by atoms with Crippen LogP contribution in [0.2, 0.25) is 0 Å². The number of likely N-dealkylation sites (tertiary alicyclic amines) is 1. The Bertz CT molecular complexity index is 548. The van der Waals surface area contributed by atoms with Crippen molar-refractivity contribution in [2.75, 3.05) is 6.54 Å². The Morgan fingerprint density at radius 3 is 3.10 bits per heavy atom. The Morgan fingerprint density at radius 2 is 2.33 bits per heavy atom. The second kappa shape index (κ2) is 6.61. The maximum absolute atomic E-state index is 12.5. The molecule has 1 aliphatic rings. The Kier molecular flexibility index (Phi) is 4.38. The van der Waals surface area contributed by atoms with Gasteiger partial charge < -0.3 is 9.32 Å². The summed E-state index contributed by atoms with van der Waals surface area (Å²) in [4.78, 5) is 14.5. The molecule has 0 bridgehead atoms. The van der Waals surface area contributed by atoms with Crippen LogP contribution in [0, 0.1) is 0 Å². The van der Waals surface area contributed by atoms with Gasteiger partial charge in [0.15, 0.2) is 0 Å². The van der Waals surface area contributed by atoms with Gasteiger partial charge in [0.25, 0.3) is 0 Å². The molecule has 21 heavy (non-hydrogen) atoms. The number of carbonyl (C=O) groups excluding carboxylic acids is 1. The van der Waals surface area contributed by atoms with Gasteiger partial charge in [-0.15, -0.1) is 0 Å². The number of hydrogen-bond acceptors (Lipinski definition) is 3. The molecule has 5 nitrogen and oxygen atoms in total. The maximum Gasteiger partial charge on any atom is 0.223 e. The van der Waals surface area contributed by atoms with Crippen molar-refractivity contribution in [3.8, 4) is 0 Å². The maximum atomic E-state index is 12.5. The fourth-order valence-corrected chi connectivity index (χ4v) is 2.97. The number of hydrogen-bond donors (Lipinski definition) is 0. The lowest BCUT2D eigenvalue weighted by Crippen LogP contribution is -2.46. The minimum Gasteiger partial charge on any atom is -0.469 e. The quantitative estimate of drug-likeness (QED) is 0.849. The third-order valence-corrected chi connectivity index (χ3v) is 4.07. The predicted octanol–water partition coefficient (Wildman–Crippen LogP) is 2.49. The molecule has 0 aliphatic carbocycles. The Morgan fingerprint density at radius 1 is 1.38 bits per heavy atom. The van der Waals surface area contributed by atoms with Gasteiger partial charge in [-0.1, -0.05) is 0 Å². The van der Waals surface area contributed by atoms with Gasteiger partial charge in [0.2, 0.25) is 5.91 Å². The van der Waals surface area contributed by atoms with E-state index in [1.165, 1.54) is 6.42 Å². The van der Waals surface area contributed by atoms with Gasteiger partial charge in [-0.3, -0.25) is 9.48 Å². The lowest BCUT2D eigenvalue weighted by Gasteiger charge is -2.35. The van der Waals surface area contributed by atoms with Crippen molar-refractivity contribution >= 4 is 5.91 Å². The summed E-state index contributed by atoms with van der Waals surface area (Å²) in [6.07, 6.45) is 9.94. The molecule has 0 aromatic carbocycles. The fourth-order valence-electron chi connectivity index (χ4n) is 2.97. The second-order valence-electron chi connectivity index (χ2n) is 5.54. The molecule has 0 radical (unpaired) electrons. The topological polar surface area (TPSA) is 51.3 Å². The first-order valence-electron chi connectivity index (χ1n) is 7.62. The zero-order chi connectivity index (χ0) is 14.5. The lowest BCUT2D eigenvalue weighted by molar-refractivity contribution is -0.135. The van der Waals surface area contributed by atoms with E-state index >= 15 is 0 Å². The molecule has 1 saturated heterocycles. The van der Waals surface area contributed by atoms with E-state index in [0.29, 0.717) is 12.8 Å². The summed E-state index contributed by atoms with van der Waals surface area (Å²) >= 11 is 0. The van der Waals surface area contributed by atoms with Crippen LogP contribution in [0.1, 0.15) is 31.4 Å². The summed E-state index contributed by atoms with van der Waals surface area (Å²) in [6, 6.07) is 5.97. The van der Waals surface area contributed by atoms with Crippen LogP contribution in [0.4, 0.5) is 0 Å². The minimum atomic E-state index is 0.225. The average molecular weight is 287 g/mol. The highest BCUT2D eigenvalue weighted by atomic mass is 16.3. The van der Waals surface area contributed by atoms with Crippen molar-refractivity contribution in [2.24, 2.45) is 0 Å². The van der Waals surface area contributed by atoms with Gasteiger partial charge >= 0.3 is 0 Å². The van der Waals surface area contributed by atoms with Crippen LogP contribution in [0.15, 0.2) is 41.3 Å². The molecule has 1 atom stereocenters. The van der Waals surface area contributed by atoms with E-state index in [1.54, 1.807) is 12.5 Å². The molecular formula is C16H21N3O2. The van der Waals surface area contributed by atoms with Crippen LogP contribution in [0.3, 0.4) is 0 Å². The van der Waals surface area contributed by atoms with Gasteiger partial charge in [-0.05, 0) is 37.5 Å². The summed E-state index contributed by atoms with van der Waals surface area (Å²) < 4.78 is 7.22. The summed E-state index contributed by atoms with van der Waals surface area (Å²) in [5.74, 6) is 1.10. The van der Waals surface area contributed by atoms with Gasteiger partial charge in [-0.2, -0.15) is 5.10 Å².